The fourth-order valence-corrected chi connectivity index (χ4v) is 1.25. The average molecular weight is 207 g/mol. The van der Waals surface area contributed by atoms with Crippen molar-refractivity contribution < 1.29 is 4.52 Å². The Hall–Kier alpha value is -1.85. The van der Waals surface area contributed by atoms with Crippen molar-refractivity contribution in [3.05, 3.63) is 24.0 Å². The summed E-state index contributed by atoms with van der Waals surface area (Å²) in [5, 5.41) is 6.72. The third-order valence-corrected chi connectivity index (χ3v) is 1.95. The minimum Gasteiger partial charge on any atom is -0.349 e. The Morgan fingerprint density at radius 2 is 2.47 bits per heavy atom. The van der Waals surface area contributed by atoms with E-state index in [1.807, 2.05) is 6.20 Å². The van der Waals surface area contributed by atoms with Crippen molar-refractivity contribution in [2.24, 2.45) is 0 Å². The molecule has 0 unspecified atom stereocenters. The Bertz CT molecular complexity index is 394. The maximum atomic E-state index is 4.91. The summed E-state index contributed by atoms with van der Waals surface area (Å²) >= 11 is 0. The minimum absolute atomic E-state index is 0.479. The molecule has 0 aliphatic rings. The molecule has 15 heavy (non-hydrogen) atoms. The third-order valence-electron chi connectivity index (χ3n) is 1.95. The first kappa shape index (κ1) is 9.70. The Morgan fingerprint density at radius 1 is 1.53 bits per heavy atom. The molecular formula is C9H13N5O. The molecule has 0 radical (unpaired) electrons. The number of imidazole rings is 1. The van der Waals surface area contributed by atoms with Gasteiger partial charge in [0.05, 0.1) is 0 Å². The Morgan fingerprint density at radius 3 is 3.13 bits per heavy atom. The van der Waals surface area contributed by atoms with Gasteiger partial charge in [0, 0.05) is 25.4 Å². The molecule has 0 spiro atoms. The fraction of sp³-hybridized carbons (Fsp3) is 0.444. The molecule has 2 N–H and O–H groups in total. The van der Waals surface area contributed by atoms with Crippen molar-refractivity contribution in [1.82, 2.24) is 20.1 Å². The molecule has 2 rings (SSSR count). The van der Waals surface area contributed by atoms with E-state index in [4.69, 9.17) is 4.52 Å². The van der Waals surface area contributed by atoms with Gasteiger partial charge in [-0.2, -0.15) is 4.98 Å². The first-order chi connectivity index (χ1) is 7.34. The van der Waals surface area contributed by atoms with Gasteiger partial charge < -0.3 is 14.8 Å². The molecule has 0 amide bonds. The van der Waals surface area contributed by atoms with Crippen LogP contribution in [-0.4, -0.2) is 26.7 Å². The molecule has 6 heteroatoms. The number of anilines is 1. The SMILES string of the molecule is Cc1noc(NCCCc2ncc[nH]2)n1. The molecule has 0 saturated heterocycles. The molecule has 0 aliphatic heterocycles. The summed E-state index contributed by atoms with van der Waals surface area (Å²) < 4.78 is 4.91. The van der Waals surface area contributed by atoms with Gasteiger partial charge in [-0.1, -0.05) is 5.16 Å². The normalized spacial score (nSPS) is 10.5. The van der Waals surface area contributed by atoms with Gasteiger partial charge in [0.1, 0.15) is 5.82 Å². The molecule has 0 bridgehead atoms. The lowest BCUT2D eigenvalue weighted by Gasteiger charge is -1.98. The minimum atomic E-state index is 0.479. The monoisotopic (exact) mass is 207 g/mol. The van der Waals surface area contributed by atoms with Crippen LogP contribution in [0.4, 0.5) is 6.01 Å². The van der Waals surface area contributed by atoms with Crippen molar-refractivity contribution in [2.75, 3.05) is 11.9 Å². The van der Waals surface area contributed by atoms with Crippen molar-refractivity contribution in [3.63, 3.8) is 0 Å². The van der Waals surface area contributed by atoms with Gasteiger partial charge in [0.15, 0.2) is 5.82 Å². The number of hydrogen-bond acceptors (Lipinski definition) is 5. The topological polar surface area (TPSA) is 79.6 Å². The summed E-state index contributed by atoms with van der Waals surface area (Å²) in [4.78, 5) is 11.2. The van der Waals surface area contributed by atoms with Crippen LogP contribution in [0.5, 0.6) is 0 Å². The first-order valence-corrected chi connectivity index (χ1v) is 4.87. The van der Waals surface area contributed by atoms with Gasteiger partial charge in [-0.05, 0) is 13.3 Å². The van der Waals surface area contributed by atoms with Crippen LogP contribution >= 0.6 is 0 Å². The van der Waals surface area contributed by atoms with E-state index >= 15 is 0 Å². The van der Waals surface area contributed by atoms with Gasteiger partial charge in [-0.3, -0.25) is 0 Å². The number of aryl methyl sites for hydroxylation is 2. The van der Waals surface area contributed by atoms with Crippen molar-refractivity contribution in [1.29, 1.82) is 0 Å². The molecule has 2 heterocycles. The van der Waals surface area contributed by atoms with Crippen LogP contribution in [-0.2, 0) is 6.42 Å². The standard InChI is InChI=1S/C9H13N5O/c1-7-13-9(15-14-7)12-4-2-3-8-10-5-6-11-8/h5-6H,2-4H2,1H3,(H,10,11)(H,12,13,14). The van der Waals surface area contributed by atoms with Crippen LogP contribution in [0.1, 0.15) is 18.1 Å². The lowest BCUT2D eigenvalue weighted by Crippen LogP contribution is -2.03. The van der Waals surface area contributed by atoms with Crippen LogP contribution in [0, 0.1) is 6.92 Å². The van der Waals surface area contributed by atoms with Gasteiger partial charge in [0.25, 0.3) is 0 Å². The fourth-order valence-electron chi connectivity index (χ4n) is 1.25. The van der Waals surface area contributed by atoms with Crippen LogP contribution in [0.15, 0.2) is 16.9 Å². The van der Waals surface area contributed by atoms with Crippen molar-refractivity contribution in [2.45, 2.75) is 19.8 Å². The highest BCUT2D eigenvalue weighted by atomic mass is 16.5. The van der Waals surface area contributed by atoms with Gasteiger partial charge in [-0.25, -0.2) is 4.98 Å². The lowest BCUT2D eigenvalue weighted by molar-refractivity contribution is 0.425. The molecule has 2 aromatic heterocycles. The second-order valence-electron chi connectivity index (χ2n) is 3.21. The predicted molar refractivity (Wildman–Crippen MR) is 54.4 cm³/mol. The molecule has 6 nitrogen and oxygen atoms in total. The van der Waals surface area contributed by atoms with E-state index < -0.39 is 0 Å². The number of nitrogens with zero attached hydrogens (tertiary/aromatic N) is 3. The molecule has 80 valence electrons. The van der Waals surface area contributed by atoms with E-state index in [2.05, 4.69) is 25.4 Å². The van der Waals surface area contributed by atoms with Crippen LogP contribution in [0.2, 0.25) is 0 Å². The summed E-state index contributed by atoms with van der Waals surface area (Å²) in [6, 6.07) is 0.479. The highest BCUT2D eigenvalue weighted by molar-refractivity contribution is 5.17. The van der Waals surface area contributed by atoms with Crippen molar-refractivity contribution >= 4 is 6.01 Å². The van der Waals surface area contributed by atoms with Crippen LogP contribution < -0.4 is 5.32 Å². The maximum absolute atomic E-state index is 4.91. The summed E-state index contributed by atoms with van der Waals surface area (Å²) in [6.45, 7) is 2.58. The highest BCUT2D eigenvalue weighted by Crippen LogP contribution is 2.02. The van der Waals surface area contributed by atoms with Crippen molar-refractivity contribution in [3.8, 4) is 0 Å². The molecule has 0 atom stereocenters. The van der Waals surface area contributed by atoms with Crippen LogP contribution in [0.3, 0.4) is 0 Å². The predicted octanol–water partition coefficient (Wildman–Crippen LogP) is 1.15. The zero-order valence-corrected chi connectivity index (χ0v) is 8.53. The van der Waals surface area contributed by atoms with Gasteiger partial charge in [0.2, 0.25) is 0 Å². The number of aromatic amines is 1. The molecule has 0 saturated carbocycles. The van der Waals surface area contributed by atoms with Crippen LogP contribution in [0.25, 0.3) is 0 Å². The molecule has 0 fully saturated rings. The summed E-state index contributed by atoms with van der Waals surface area (Å²) in [5.41, 5.74) is 0. The van der Waals surface area contributed by atoms with E-state index in [1.54, 1.807) is 13.1 Å². The zero-order valence-electron chi connectivity index (χ0n) is 8.53. The molecule has 0 aromatic carbocycles. The Labute approximate surface area is 87.1 Å². The quantitative estimate of drug-likeness (QED) is 0.719. The Balaban J connectivity index is 1.67. The second-order valence-corrected chi connectivity index (χ2v) is 3.21. The molecule has 2 aromatic rings. The van der Waals surface area contributed by atoms with E-state index in [9.17, 15) is 0 Å². The number of H-pyrrole nitrogens is 1. The summed E-state index contributed by atoms with van der Waals surface area (Å²) in [6.07, 6.45) is 5.45. The first-order valence-electron chi connectivity index (χ1n) is 4.87. The van der Waals surface area contributed by atoms with E-state index in [0.717, 1.165) is 25.2 Å². The highest BCUT2D eigenvalue weighted by Gasteiger charge is 2.00. The van der Waals surface area contributed by atoms with Gasteiger partial charge in [-0.15, -0.1) is 0 Å². The largest absolute Gasteiger partial charge is 0.349 e. The Kier molecular flexibility index (Phi) is 2.96. The second kappa shape index (κ2) is 4.59. The molecule has 0 aliphatic carbocycles. The molecular weight excluding hydrogens is 194 g/mol. The lowest BCUT2D eigenvalue weighted by atomic mass is 10.3. The number of hydrogen-bond donors (Lipinski definition) is 2. The van der Waals surface area contributed by atoms with E-state index in [-0.39, 0.29) is 0 Å². The summed E-state index contributed by atoms with van der Waals surface area (Å²) in [5.74, 6) is 1.64. The average Bonchev–Trinajstić information content (AvgIpc) is 2.84. The number of aromatic nitrogens is 4. The maximum Gasteiger partial charge on any atom is 0.321 e. The number of rotatable bonds is 5. The van der Waals surface area contributed by atoms with E-state index in [1.165, 1.54) is 0 Å². The van der Waals surface area contributed by atoms with E-state index in [0.29, 0.717) is 11.8 Å². The number of nitrogens with one attached hydrogen (secondary N) is 2. The summed E-state index contributed by atoms with van der Waals surface area (Å²) in [7, 11) is 0. The van der Waals surface area contributed by atoms with Gasteiger partial charge >= 0.3 is 6.01 Å². The zero-order chi connectivity index (χ0) is 10.5. The smallest absolute Gasteiger partial charge is 0.321 e. The third kappa shape index (κ3) is 2.80.